The predicted octanol–water partition coefficient (Wildman–Crippen LogP) is 0.175. The van der Waals surface area contributed by atoms with E-state index in [4.69, 9.17) is 5.11 Å². The average molecular weight is 202 g/mol. The number of aliphatic hydroxyl groups excluding tert-OH is 2. The zero-order valence-corrected chi connectivity index (χ0v) is 8.86. The summed E-state index contributed by atoms with van der Waals surface area (Å²) in [6.45, 7) is 3.61. The van der Waals surface area contributed by atoms with Crippen molar-refractivity contribution in [1.82, 2.24) is 0 Å². The van der Waals surface area contributed by atoms with E-state index in [1.54, 1.807) is 0 Å². The minimum atomic E-state index is -0.642. The van der Waals surface area contributed by atoms with E-state index >= 15 is 0 Å². The van der Waals surface area contributed by atoms with Crippen LogP contribution in [0.4, 0.5) is 0 Å². The summed E-state index contributed by atoms with van der Waals surface area (Å²) in [7, 11) is 1.33. The highest BCUT2D eigenvalue weighted by Gasteiger charge is 2.50. The van der Waals surface area contributed by atoms with Gasteiger partial charge in [0.25, 0.3) is 0 Å². The number of carbonyl (C=O) groups excluding carboxylic acids is 1. The Kier molecular flexibility index (Phi) is 3.17. The Morgan fingerprint density at radius 1 is 1.57 bits per heavy atom. The number of hydrogen-bond acceptors (Lipinski definition) is 4. The standard InChI is InChI=1S/C10H18O4/c1-10(2)4-6(9(13)14-3)7(5-11)8(10)12/h6-8,11-12H,4-5H2,1-3H3. The summed E-state index contributed by atoms with van der Waals surface area (Å²) in [5.41, 5.74) is -0.327. The van der Waals surface area contributed by atoms with Gasteiger partial charge in [-0.1, -0.05) is 13.8 Å². The van der Waals surface area contributed by atoms with Gasteiger partial charge in [0, 0.05) is 12.5 Å². The molecular weight excluding hydrogens is 184 g/mol. The Labute approximate surface area is 83.9 Å². The van der Waals surface area contributed by atoms with Crippen molar-refractivity contribution in [2.24, 2.45) is 17.3 Å². The second-order valence-corrected chi connectivity index (χ2v) is 4.61. The minimum absolute atomic E-state index is 0.176. The van der Waals surface area contributed by atoms with Crippen LogP contribution < -0.4 is 0 Å². The van der Waals surface area contributed by atoms with Gasteiger partial charge in [-0.15, -0.1) is 0 Å². The molecule has 0 aliphatic heterocycles. The van der Waals surface area contributed by atoms with Gasteiger partial charge in [0.15, 0.2) is 0 Å². The molecule has 2 N–H and O–H groups in total. The fraction of sp³-hybridized carbons (Fsp3) is 0.900. The van der Waals surface area contributed by atoms with Crippen LogP contribution in [0.15, 0.2) is 0 Å². The van der Waals surface area contributed by atoms with Crippen LogP contribution in [-0.4, -0.2) is 36.0 Å². The van der Waals surface area contributed by atoms with Gasteiger partial charge < -0.3 is 14.9 Å². The normalized spacial score (nSPS) is 35.6. The smallest absolute Gasteiger partial charge is 0.309 e. The topological polar surface area (TPSA) is 66.8 Å². The highest BCUT2D eigenvalue weighted by Crippen LogP contribution is 2.45. The van der Waals surface area contributed by atoms with E-state index in [1.807, 2.05) is 13.8 Å². The largest absolute Gasteiger partial charge is 0.469 e. The van der Waals surface area contributed by atoms with E-state index in [-0.39, 0.29) is 23.9 Å². The lowest BCUT2D eigenvalue weighted by atomic mass is 9.87. The molecule has 1 fully saturated rings. The molecule has 0 spiro atoms. The van der Waals surface area contributed by atoms with Gasteiger partial charge in [-0.25, -0.2) is 0 Å². The SMILES string of the molecule is COC(=O)C1CC(C)(C)C(O)C1CO. The molecule has 0 aromatic rings. The molecule has 0 radical (unpaired) electrons. The van der Waals surface area contributed by atoms with Crippen molar-refractivity contribution in [3.8, 4) is 0 Å². The van der Waals surface area contributed by atoms with Crippen molar-refractivity contribution in [3.05, 3.63) is 0 Å². The van der Waals surface area contributed by atoms with Crippen molar-refractivity contribution >= 4 is 5.97 Å². The highest BCUT2D eigenvalue weighted by atomic mass is 16.5. The third kappa shape index (κ3) is 1.77. The lowest BCUT2D eigenvalue weighted by molar-refractivity contribution is -0.148. The third-order valence-corrected chi connectivity index (χ3v) is 3.18. The summed E-state index contributed by atoms with van der Waals surface area (Å²) >= 11 is 0. The molecule has 0 aromatic heterocycles. The average Bonchev–Trinajstić information content (AvgIpc) is 2.37. The summed E-state index contributed by atoms with van der Waals surface area (Å²) in [5, 5.41) is 19.0. The maximum Gasteiger partial charge on any atom is 0.309 e. The van der Waals surface area contributed by atoms with Crippen molar-refractivity contribution in [1.29, 1.82) is 0 Å². The van der Waals surface area contributed by atoms with E-state index in [0.29, 0.717) is 6.42 Å². The fourth-order valence-corrected chi connectivity index (χ4v) is 2.28. The quantitative estimate of drug-likeness (QED) is 0.627. The van der Waals surface area contributed by atoms with Gasteiger partial charge in [0.05, 0.1) is 19.1 Å². The number of ether oxygens (including phenoxy) is 1. The highest BCUT2D eigenvalue weighted by molar-refractivity contribution is 5.73. The summed E-state index contributed by atoms with van der Waals surface area (Å²) in [6.07, 6.45) is -0.0805. The van der Waals surface area contributed by atoms with Crippen LogP contribution in [-0.2, 0) is 9.53 Å². The van der Waals surface area contributed by atoms with Crippen LogP contribution >= 0.6 is 0 Å². The number of methoxy groups -OCH3 is 1. The summed E-state index contributed by atoms with van der Waals surface area (Å²) in [6, 6.07) is 0. The van der Waals surface area contributed by atoms with Gasteiger partial charge in [-0.05, 0) is 11.8 Å². The number of carbonyl (C=O) groups is 1. The zero-order valence-electron chi connectivity index (χ0n) is 8.86. The van der Waals surface area contributed by atoms with Crippen LogP contribution in [0, 0.1) is 17.3 Å². The molecule has 0 saturated heterocycles. The van der Waals surface area contributed by atoms with Crippen molar-refractivity contribution < 1.29 is 19.7 Å². The molecule has 4 nitrogen and oxygen atoms in total. The summed E-state index contributed by atoms with van der Waals surface area (Å²) in [5.74, 6) is -1.11. The lowest BCUT2D eigenvalue weighted by Gasteiger charge is -2.24. The molecule has 14 heavy (non-hydrogen) atoms. The number of hydrogen-bond donors (Lipinski definition) is 2. The summed E-state index contributed by atoms with van der Waals surface area (Å²) in [4.78, 5) is 11.4. The second kappa shape index (κ2) is 3.87. The Bertz CT molecular complexity index is 224. The zero-order chi connectivity index (χ0) is 10.9. The van der Waals surface area contributed by atoms with E-state index in [2.05, 4.69) is 4.74 Å². The maximum absolute atomic E-state index is 11.4. The monoisotopic (exact) mass is 202 g/mol. The van der Waals surface area contributed by atoms with Crippen LogP contribution in [0.5, 0.6) is 0 Å². The van der Waals surface area contributed by atoms with Crippen LogP contribution in [0.2, 0.25) is 0 Å². The number of esters is 1. The number of rotatable bonds is 2. The van der Waals surface area contributed by atoms with Crippen LogP contribution in [0.25, 0.3) is 0 Å². The van der Waals surface area contributed by atoms with Gasteiger partial charge in [0.2, 0.25) is 0 Å². The molecule has 1 aliphatic carbocycles. The Morgan fingerprint density at radius 3 is 2.57 bits per heavy atom. The van der Waals surface area contributed by atoms with E-state index in [9.17, 15) is 9.90 Å². The van der Waals surface area contributed by atoms with Crippen molar-refractivity contribution in [2.45, 2.75) is 26.4 Å². The van der Waals surface area contributed by atoms with E-state index < -0.39 is 12.0 Å². The molecule has 0 amide bonds. The molecule has 1 rings (SSSR count). The molecule has 3 unspecified atom stereocenters. The molecule has 0 heterocycles. The maximum atomic E-state index is 11.4. The van der Waals surface area contributed by atoms with Gasteiger partial charge in [-0.2, -0.15) is 0 Å². The Balaban J connectivity index is 2.84. The van der Waals surface area contributed by atoms with Crippen LogP contribution in [0.1, 0.15) is 20.3 Å². The first-order chi connectivity index (χ1) is 6.44. The Hall–Kier alpha value is -0.610. The first kappa shape index (κ1) is 11.5. The molecule has 1 aliphatic rings. The van der Waals surface area contributed by atoms with Gasteiger partial charge in [0.1, 0.15) is 0 Å². The molecule has 0 aromatic carbocycles. The fourth-order valence-electron chi connectivity index (χ4n) is 2.28. The van der Waals surface area contributed by atoms with E-state index in [0.717, 1.165) is 0 Å². The predicted molar refractivity (Wildman–Crippen MR) is 50.5 cm³/mol. The summed E-state index contributed by atoms with van der Waals surface area (Å²) < 4.78 is 4.65. The van der Waals surface area contributed by atoms with Gasteiger partial charge in [-0.3, -0.25) is 4.79 Å². The molecule has 0 bridgehead atoms. The second-order valence-electron chi connectivity index (χ2n) is 4.61. The molecule has 82 valence electrons. The molecule has 3 atom stereocenters. The van der Waals surface area contributed by atoms with Crippen molar-refractivity contribution in [3.63, 3.8) is 0 Å². The lowest BCUT2D eigenvalue weighted by Crippen LogP contribution is -2.32. The first-order valence-electron chi connectivity index (χ1n) is 4.80. The van der Waals surface area contributed by atoms with Gasteiger partial charge >= 0.3 is 5.97 Å². The first-order valence-corrected chi connectivity index (χ1v) is 4.80. The molecule has 4 heteroatoms. The number of aliphatic hydroxyl groups is 2. The van der Waals surface area contributed by atoms with Crippen molar-refractivity contribution in [2.75, 3.05) is 13.7 Å². The van der Waals surface area contributed by atoms with Crippen LogP contribution in [0.3, 0.4) is 0 Å². The Morgan fingerprint density at radius 2 is 2.14 bits per heavy atom. The molecular formula is C10H18O4. The minimum Gasteiger partial charge on any atom is -0.469 e. The third-order valence-electron chi connectivity index (χ3n) is 3.18. The van der Waals surface area contributed by atoms with E-state index in [1.165, 1.54) is 7.11 Å². The molecule has 1 saturated carbocycles.